The summed E-state index contributed by atoms with van der Waals surface area (Å²) in [5.74, 6) is 0.144. The zero-order valence-corrected chi connectivity index (χ0v) is 11.4. The van der Waals surface area contributed by atoms with Crippen molar-refractivity contribution < 1.29 is 5.21 Å². The van der Waals surface area contributed by atoms with Crippen molar-refractivity contribution in [1.29, 1.82) is 0 Å². The Bertz CT molecular complexity index is 411. The van der Waals surface area contributed by atoms with Crippen LogP contribution in [0.15, 0.2) is 29.4 Å². The monoisotopic (exact) mass is 249 g/mol. The van der Waals surface area contributed by atoms with Crippen LogP contribution in [0.25, 0.3) is 0 Å². The van der Waals surface area contributed by atoms with E-state index in [0.29, 0.717) is 0 Å². The summed E-state index contributed by atoms with van der Waals surface area (Å²) in [4.78, 5) is 0. The summed E-state index contributed by atoms with van der Waals surface area (Å²) < 4.78 is 0. The van der Waals surface area contributed by atoms with E-state index in [9.17, 15) is 0 Å². The summed E-state index contributed by atoms with van der Waals surface area (Å²) >= 11 is 0. The van der Waals surface area contributed by atoms with Gasteiger partial charge in [0, 0.05) is 17.6 Å². The zero-order chi connectivity index (χ0) is 13.6. The molecule has 0 aromatic heterocycles. The van der Waals surface area contributed by atoms with Crippen molar-refractivity contribution in [2.75, 3.05) is 0 Å². The van der Waals surface area contributed by atoms with Gasteiger partial charge < -0.3 is 16.3 Å². The number of oxime groups is 1. The molecule has 0 heterocycles. The molecular weight excluding hydrogens is 226 g/mol. The largest absolute Gasteiger partial charge is 0.409 e. The molecule has 0 saturated heterocycles. The van der Waals surface area contributed by atoms with Gasteiger partial charge in [0.1, 0.15) is 0 Å². The number of hydrogen-bond acceptors (Lipinski definition) is 3. The molecule has 100 valence electrons. The van der Waals surface area contributed by atoms with E-state index in [1.807, 2.05) is 24.3 Å². The second kappa shape index (κ2) is 6.40. The van der Waals surface area contributed by atoms with Crippen LogP contribution in [0.2, 0.25) is 0 Å². The minimum absolute atomic E-state index is 0.144. The Kier molecular flexibility index (Phi) is 5.16. The van der Waals surface area contributed by atoms with Crippen molar-refractivity contribution in [2.24, 2.45) is 10.9 Å². The second-order valence-electron chi connectivity index (χ2n) is 4.81. The molecule has 1 rings (SSSR count). The van der Waals surface area contributed by atoms with Gasteiger partial charge in [0.05, 0.1) is 0 Å². The summed E-state index contributed by atoms with van der Waals surface area (Å²) in [5, 5.41) is 15.2. The van der Waals surface area contributed by atoms with E-state index in [1.54, 1.807) is 0 Å². The van der Waals surface area contributed by atoms with E-state index in [1.165, 1.54) is 0 Å². The fourth-order valence-corrected chi connectivity index (χ4v) is 1.71. The third kappa shape index (κ3) is 3.74. The first kappa shape index (κ1) is 14.5. The molecule has 1 aromatic rings. The van der Waals surface area contributed by atoms with Gasteiger partial charge in [0.25, 0.3) is 0 Å². The van der Waals surface area contributed by atoms with E-state index in [4.69, 9.17) is 10.9 Å². The van der Waals surface area contributed by atoms with Gasteiger partial charge >= 0.3 is 0 Å². The van der Waals surface area contributed by atoms with Crippen molar-refractivity contribution in [2.45, 2.75) is 45.7 Å². The van der Waals surface area contributed by atoms with E-state index in [0.717, 1.165) is 30.5 Å². The predicted octanol–water partition coefficient (Wildman–Crippen LogP) is 2.45. The van der Waals surface area contributed by atoms with Gasteiger partial charge in [0.15, 0.2) is 5.84 Å². The minimum atomic E-state index is 0.144. The maximum atomic E-state index is 8.66. The molecule has 0 aliphatic rings. The molecule has 0 spiro atoms. The third-order valence-corrected chi connectivity index (χ3v) is 3.61. The molecule has 4 N–H and O–H groups in total. The van der Waals surface area contributed by atoms with Gasteiger partial charge in [-0.15, -0.1) is 0 Å². The highest BCUT2D eigenvalue weighted by atomic mass is 16.4. The average Bonchev–Trinajstić information content (AvgIpc) is 2.44. The van der Waals surface area contributed by atoms with Crippen LogP contribution >= 0.6 is 0 Å². The van der Waals surface area contributed by atoms with Crippen LogP contribution in [0.5, 0.6) is 0 Å². The van der Waals surface area contributed by atoms with Crippen LogP contribution < -0.4 is 11.1 Å². The SMILES string of the molecule is CCC(C)(CC)NCc1cccc(/C(N)=N/O)c1. The summed E-state index contributed by atoms with van der Waals surface area (Å²) in [6, 6.07) is 7.72. The third-order valence-electron chi connectivity index (χ3n) is 3.61. The first-order valence-electron chi connectivity index (χ1n) is 6.36. The lowest BCUT2D eigenvalue weighted by Gasteiger charge is -2.28. The number of nitrogens with one attached hydrogen (secondary N) is 1. The Morgan fingerprint density at radius 2 is 2.06 bits per heavy atom. The second-order valence-corrected chi connectivity index (χ2v) is 4.81. The molecule has 0 fully saturated rings. The lowest BCUT2D eigenvalue weighted by molar-refractivity contribution is 0.318. The van der Waals surface area contributed by atoms with E-state index < -0.39 is 0 Å². The highest BCUT2D eigenvalue weighted by Crippen LogP contribution is 2.15. The van der Waals surface area contributed by atoms with Crippen molar-refractivity contribution >= 4 is 5.84 Å². The number of benzene rings is 1. The molecule has 0 radical (unpaired) electrons. The lowest BCUT2D eigenvalue weighted by Crippen LogP contribution is -2.40. The van der Waals surface area contributed by atoms with Crippen molar-refractivity contribution in [3.8, 4) is 0 Å². The molecule has 0 amide bonds. The van der Waals surface area contributed by atoms with Gasteiger partial charge in [-0.3, -0.25) is 0 Å². The summed E-state index contributed by atoms with van der Waals surface area (Å²) in [7, 11) is 0. The van der Waals surface area contributed by atoms with Crippen LogP contribution in [-0.4, -0.2) is 16.6 Å². The number of hydrogen-bond donors (Lipinski definition) is 3. The Morgan fingerprint density at radius 3 is 2.61 bits per heavy atom. The highest BCUT2D eigenvalue weighted by Gasteiger charge is 2.18. The van der Waals surface area contributed by atoms with Crippen LogP contribution in [0.4, 0.5) is 0 Å². The first-order chi connectivity index (χ1) is 8.54. The molecule has 4 heteroatoms. The molecule has 0 aliphatic heterocycles. The minimum Gasteiger partial charge on any atom is -0.409 e. The molecule has 0 aliphatic carbocycles. The molecule has 0 bridgehead atoms. The predicted molar refractivity (Wildman–Crippen MR) is 74.8 cm³/mol. The fourth-order valence-electron chi connectivity index (χ4n) is 1.71. The lowest BCUT2D eigenvalue weighted by atomic mass is 9.95. The first-order valence-corrected chi connectivity index (χ1v) is 6.36. The molecule has 18 heavy (non-hydrogen) atoms. The van der Waals surface area contributed by atoms with Gasteiger partial charge in [-0.25, -0.2) is 0 Å². The number of nitrogens with two attached hydrogens (primary N) is 1. The normalized spacial score (nSPS) is 12.7. The van der Waals surface area contributed by atoms with Crippen LogP contribution in [-0.2, 0) is 6.54 Å². The van der Waals surface area contributed by atoms with Crippen LogP contribution in [0.1, 0.15) is 44.7 Å². The van der Waals surface area contributed by atoms with E-state index >= 15 is 0 Å². The molecule has 0 atom stereocenters. The Balaban J connectivity index is 2.74. The molecule has 1 aromatic carbocycles. The van der Waals surface area contributed by atoms with Gasteiger partial charge in [-0.05, 0) is 31.4 Å². The van der Waals surface area contributed by atoms with Crippen LogP contribution in [0.3, 0.4) is 0 Å². The van der Waals surface area contributed by atoms with Gasteiger partial charge in [0.2, 0.25) is 0 Å². The van der Waals surface area contributed by atoms with E-state index in [-0.39, 0.29) is 11.4 Å². The quantitative estimate of drug-likeness (QED) is 0.314. The summed E-state index contributed by atoms with van der Waals surface area (Å²) in [5.41, 5.74) is 7.61. The maximum Gasteiger partial charge on any atom is 0.170 e. The molecule has 0 saturated carbocycles. The van der Waals surface area contributed by atoms with Crippen molar-refractivity contribution in [3.63, 3.8) is 0 Å². The van der Waals surface area contributed by atoms with E-state index in [2.05, 4.69) is 31.2 Å². The average molecular weight is 249 g/mol. The molecular formula is C14H23N3O. The Morgan fingerprint density at radius 1 is 1.39 bits per heavy atom. The summed E-state index contributed by atoms with van der Waals surface area (Å²) in [6.07, 6.45) is 2.17. The van der Waals surface area contributed by atoms with Gasteiger partial charge in [-0.2, -0.15) is 0 Å². The Hall–Kier alpha value is -1.55. The highest BCUT2D eigenvalue weighted by molar-refractivity contribution is 5.97. The van der Waals surface area contributed by atoms with Crippen molar-refractivity contribution in [3.05, 3.63) is 35.4 Å². The van der Waals surface area contributed by atoms with Crippen molar-refractivity contribution in [1.82, 2.24) is 5.32 Å². The van der Waals surface area contributed by atoms with Crippen LogP contribution in [0, 0.1) is 0 Å². The maximum absolute atomic E-state index is 8.66. The number of rotatable bonds is 6. The smallest absolute Gasteiger partial charge is 0.170 e. The molecule has 0 unspecified atom stereocenters. The summed E-state index contributed by atoms with van der Waals surface area (Å²) in [6.45, 7) is 7.37. The fraction of sp³-hybridized carbons (Fsp3) is 0.500. The standard InChI is InChI=1S/C14H23N3O/c1-4-14(3,5-2)16-10-11-7-6-8-12(9-11)13(15)17-18/h6-9,16,18H,4-5,10H2,1-3H3,(H2,15,17). The number of nitrogens with zero attached hydrogens (tertiary/aromatic N) is 1. The molecule has 4 nitrogen and oxygen atoms in total. The number of amidine groups is 1. The topological polar surface area (TPSA) is 70.6 Å². The Labute approximate surface area is 109 Å². The van der Waals surface area contributed by atoms with Gasteiger partial charge in [-0.1, -0.05) is 37.2 Å². The zero-order valence-electron chi connectivity index (χ0n) is 11.4.